The minimum absolute atomic E-state index is 0.106. The first kappa shape index (κ1) is 53.7. The van der Waals surface area contributed by atoms with Crippen LogP contribution in [0.4, 0.5) is 0 Å². The molecule has 3 atom stereocenters. The second-order valence-electron chi connectivity index (χ2n) is 14.6. The van der Waals surface area contributed by atoms with E-state index in [1.54, 1.807) is 0 Å². The van der Waals surface area contributed by atoms with Crippen molar-refractivity contribution in [2.75, 3.05) is 13.2 Å². The Kier molecular flexibility index (Phi) is 37.9. The van der Waals surface area contributed by atoms with Crippen LogP contribution in [-0.4, -0.2) is 63.5 Å². The van der Waals surface area contributed by atoms with E-state index in [1.807, 2.05) is 18.2 Å². The maximum atomic E-state index is 12.4. The van der Waals surface area contributed by atoms with Crippen LogP contribution in [0.25, 0.3) is 0 Å². The average Bonchev–Trinajstić information content (AvgIpc) is 3.16. The molecule has 0 heterocycles. The molecule has 11 heteroatoms. The Labute approximate surface area is 340 Å². The van der Waals surface area contributed by atoms with Crippen molar-refractivity contribution in [2.45, 2.75) is 199 Å². The van der Waals surface area contributed by atoms with Crippen LogP contribution in [-0.2, 0) is 28.2 Å². The van der Waals surface area contributed by atoms with Gasteiger partial charge in [-0.05, 0) is 77.0 Å². The minimum Gasteiger partial charge on any atom is -0.462 e. The second-order valence-corrected chi connectivity index (χ2v) is 15.8. The summed E-state index contributed by atoms with van der Waals surface area (Å²) >= 11 is 0. The Balaban J connectivity index is 4.13. The predicted molar refractivity (Wildman–Crippen MR) is 228 cm³/mol. The van der Waals surface area contributed by atoms with Gasteiger partial charge in [0.25, 0.3) is 0 Å². The Bertz CT molecular complexity index is 1130. The Morgan fingerprint density at radius 3 is 1.57 bits per heavy atom. The molecule has 0 saturated carbocycles. The molecule has 0 saturated heterocycles. The molecule has 0 spiro atoms. The number of hydrogen-bond acceptors (Lipinski definition) is 8. The van der Waals surface area contributed by atoms with Gasteiger partial charge in [-0.15, -0.1) is 0 Å². The summed E-state index contributed by atoms with van der Waals surface area (Å²) in [4.78, 5) is 42.9. The van der Waals surface area contributed by atoms with Gasteiger partial charge in [0.05, 0.1) is 18.8 Å². The van der Waals surface area contributed by atoms with Crippen LogP contribution in [0.3, 0.4) is 0 Å². The minimum atomic E-state index is -4.84. The molecule has 324 valence electrons. The van der Waals surface area contributed by atoms with Gasteiger partial charge >= 0.3 is 19.8 Å². The predicted octanol–water partition coefficient (Wildman–Crippen LogP) is 11.2. The molecule has 10 nitrogen and oxygen atoms in total. The number of esters is 2. The molecular weight excluding hydrogens is 731 g/mol. The maximum absolute atomic E-state index is 12.4. The lowest BCUT2D eigenvalue weighted by atomic mass is 10.0. The Hall–Kier alpha value is -2.33. The summed E-state index contributed by atoms with van der Waals surface area (Å²) in [6.07, 6.45) is 42.6. The Morgan fingerprint density at radius 1 is 0.554 bits per heavy atom. The summed E-state index contributed by atoms with van der Waals surface area (Å²) < 4.78 is 26.2. The highest BCUT2D eigenvalue weighted by Crippen LogP contribution is 2.36. The highest BCUT2D eigenvalue weighted by molar-refractivity contribution is 7.46. The number of ether oxygens (including phenoxy) is 2. The first-order chi connectivity index (χ1) is 27.1. The lowest BCUT2D eigenvalue weighted by Gasteiger charge is -2.19. The van der Waals surface area contributed by atoms with Crippen molar-refractivity contribution in [3.63, 3.8) is 0 Å². The number of rotatable bonds is 39. The molecule has 0 unspecified atom stereocenters. The van der Waals surface area contributed by atoms with Crippen molar-refractivity contribution in [2.24, 2.45) is 0 Å². The largest absolute Gasteiger partial charge is 0.469 e. The molecule has 0 aliphatic carbocycles. The van der Waals surface area contributed by atoms with E-state index in [0.717, 1.165) is 44.9 Å². The highest BCUT2D eigenvalue weighted by Gasteiger charge is 2.23. The summed E-state index contributed by atoms with van der Waals surface area (Å²) in [5.74, 6) is -1.18. The summed E-state index contributed by atoms with van der Waals surface area (Å²) in [6.45, 7) is 3.32. The molecular formula is C45H79O10P. The fourth-order valence-corrected chi connectivity index (χ4v) is 6.23. The van der Waals surface area contributed by atoms with Gasteiger partial charge in [0.15, 0.2) is 6.10 Å². The van der Waals surface area contributed by atoms with Gasteiger partial charge in [-0.1, -0.05) is 152 Å². The first-order valence-corrected chi connectivity index (χ1v) is 23.3. The molecule has 0 aliphatic heterocycles. The standard InChI is InChI=1S/C45H79O10P/c1-3-5-7-9-11-13-15-17-18-19-20-21-22-23-25-27-29-31-33-37-44(48)53-39-41(40-54-56(50,51)52)55-45(49)38-34-36-43(47)42(46)35-32-30-28-26-24-16-14-12-10-8-6-4-2/h6,8,12,14,17-18,24,26,30,32,41-43,46-47H,3-5,7,9-11,13,15-16,19-23,25,27-29,31,33-40H2,1-2H3,(H2,50,51,52)/b8-6-,14-12-,18-17-,26-24-,32-30-/t41-,42-,43-/m1/s1. The molecule has 0 fully saturated rings. The van der Waals surface area contributed by atoms with Gasteiger partial charge in [0.2, 0.25) is 0 Å². The smallest absolute Gasteiger partial charge is 0.462 e. The Morgan fingerprint density at radius 2 is 1.04 bits per heavy atom. The number of aliphatic hydroxyl groups excluding tert-OH is 2. The monoisotopic (exact) mass is 811 g/mol. The lowest BCUT2D eigenvalue weighted by molar-refractivity contribution is -0.161. The van der Waals surface area contributed by atoms with E-state index in [2.05, 4.69) is 60.9 Å². The molecule has 0 aromatic heterocycles. The molecule has 0 rings (SSSR count). The zero-order valence-electron chi connectivity index (χ0n) is 35.0. The van der Waals surface area contributed by atoms with E-state index in [9.17, 15) is 24.4 Å². The van der Waals surface area contributed by atoms with Crippen LogP contribution in [0.1, 0.15) is 181 Å². The SMILES string of the molecule is CC/C=C\C/C=C\C/C=C\C/C=C\C[C@@H](O)[C@H](O)CCCC(=O)O[C@H](COC(=O)CCCCCCCCCCC/C=C\CCCCCCCC)COP(=O)(O)O. The third-order valence-electron chi connectivity index (χ3n) is 9.22. The summed E-state index contributed by atoms with van der Waals surface area (Å²) in [5.41, 5.74) is 0. The molecule has 56 heavy (non-hydrogen) atoms. The van der Waals surface area contributed by atoms with Crippen molar-refractivity contribution in [1.82, 2.24) is 0 Å². The van der Waals surface area contributed by atoms with Crippen molar-refractivity contribution in [3.05, 3.63) is 60.8 Å². The van der Waals surface area contributed by atoms with E-state index in [1.165, 1.54) is 83.5 Å². The summed E-state index contributed by atoms with van der Waals surface area (Å²) in [5, 5.41) is 20.6. The number of hydrogen-bond donors (Lipinski definition) is 4. The van der Waals surface area contributed by atoms with Gasteiger partial charge in [0.1, 0.15) is 6.61 Å². The number of allylic oxidation sites excluding steroid dienone is 9. The number of carbonyl (C=O) groups is 2. The van der Waals surface area contributed by atoms with Gasteiger partial charge in [-0.2, -0.15) is 0 Å². The van der Waals surface area contributed by atoms with E-state index >= 15 is 0 Å². The van der Waals surface area contributed by atoms with Crippen molar-refractivity contribution in [3.8, 4) is 0 Å². The van der Waals surface area contributed by atoms with Crippen LogP contribution in [0, 0.1) is 0 Å². The number of phosphoric acid groups is 1. The third-order valence-corrected chi connectivity index (χ3v) is 9.71. The van der Waals surface area contributed by atoms with Gasteiger partial charge in [-0.3, -0.25) is 14.1 Å². The van der Waals surface area contributed by atoms with E-state index < -0.39 is 51.3 Å². The molecule has 0 aromatic carbocycles. The van der Waals surface area contributed by atoms with Crippen molar-refractivity contribution >= 4 is 19.8 Å². The van der Waals surface area contributed by atoms with Gasteiger partial charge < -0.3 is 29.5 Å². The summed E-state index contributed by atoms with van der Waals surface area (Å²) in [6, 6.07) is 0. The average molecular weight is 811 g/mol. The van der Waals surface area contributed by atoms with Crippen LogP contribution < -0.4 is 0 Å². The number of phosphoric ester groups is 1. The quantitative estimate of drug-likeness (QED) is 0.0204. The van der Waals surface area contributed by atoms with E-state index in [0.29, 0.717) is 6.42 Å². The zero-order chi connectivity index (χ0) is 41.4. The normalized spacial score (nSPS) is 14.2. The van der Waals surface area contributed by atoms with Crippen molar-refractivity contribution in [1.29, 1.82) is 0 Å². The number of carbonyl (C=O) groups excluding carboxylic acids is 2. The van der Waals surface area contributed by atoms with Crippen molar-refractivity contribution < 1.29 is 48.2 Å². The lowest BCUT2D eigenvalue weighted by Crippen LogP contribution is -2.30. The van der Waals surface area contributed by atoms with Crippen LogP contribution >= 0.6 is 7.82 Å². The van der Waals surface area contributed by atoms with E-state index in [4.69, 9.17) is 19.3 Å². The zero-order valence-corrected chi connectivity index (χ0v) is 35.9. The van der Waals surface area contributed by atoms with Crippen LogP contribution in [0.15, 0.2) is 60.8 Å². The topological polar surface area (TPSA) is 160 Å². The summed E-state index contributed by atoms with van der Waals surface area (Å²) in [7, 11) is -4.84. The molecule has 0 radical (unpaired) electrons. The van der Waals surface area contributed by atoms with Gasteiger partial charge in [-0.25, -0.2) is 4.57 Å². The molecule has 0 aliphatic rings. The fraction of sp³-hybridized carbons (Fsp3) is 0.733. The molecule has 0 bridgehead atoms. The molecule has 0 amide bonds. The fourth-order valence-electron chi connectivity index (χ4n) is 5.87. The maximum Gasteiger partial charge on any atom is 0.469 e. The number of unbranched alkanes of at least 4 members (excludes halogenated alkanes) is 15. The molecule has 4 N–H and O–H groups in total. The number of aliphatic hydroxyl groups is 2. The molecule has 0 aromatic rings. The van der Waals surface area contributed by atoms with Gasteiger partial charge in [0, 0.05) is 12.8 Å². The third kappa shape index (κ3) is 39.9. The van der Waals surface area contributed by atoms with Crippen LogP contribution in [0.2, 0.25) is 0 Å². The van der Waals surface area contributed by atoms with E-state index in [-0.39, 0.29) is 32.1 Å². The first-order valence-electron chi connectivity index (χ1n) is 21.7. The highest BCUT2D eigenvalue weighted by atomic mass is 31.2. The van der Waals surface area contributed by atoms with Crippen LogP contribution in [0.5, 0.6) is 0 Å². The second kappa shape index (κ2) is 39.5.